The normalized spacial score (nSPS) is 14.0. The summed E-state index contributed by atoms with van der Waals surface area (Å²) in [6.45, 7) is -0.356. The summed E-state index contributed by atoms with van der Waals surface area (Å²) >= 11 is 10.2. The second kappa shape index (κ2) is 12.3. The number of hydrogen-bond acceptors (Lipinski definition) is 8. The Morgan fingerprint density at radius 2 is 1.85 bits per heavy atom. The second-order valence-corrected chi connectivity index (χ2v) is 10.4. The molecule has 1 saturated heterocycles. The van der Waals surface area contributed by atoms with Gasteiger partial charge in [0.2, 0.25) is 5.91 Å². The van der Waals surface area contributed by atoms with E-state index in [2.05, 4.69) is 21.2 Å². The van der Waals surface area contributed by atoms with Gasteiger partial charge in [-0.3, -0.25) is 29.4 Å². The average Bonchev–Trinajstić information content (AvgIpc) is 3.15. The number of nitrogens with one attached hydrogen (secondary N) is 1. The van der Waals surface area contributed by atoms with Crippen molar-refractivity contribution in [2.75, 3.05) is 19.0 Å². The van der Waals surface area contributed by atoms with E-state index < -0.39 is 28.5 Å². The fourth-order valence-electron chi connectivity index (χ4n) is 3.50. The number of nitrogens with zero attached hydrogens (tertiary/aromatic N) is 2. The Kier molecular flexibility index (Phi) is 8.90. The number of carbonyl (C=O) groups excluding carboxylic acids is 3. The third-order valence-corrected chi connectivity index (χ3v) is 7.11. The van der Waals surface area contributed by atoms with E-state index >= 15 is 0 Å². The van der Waals surface area contributed by atoms with Gasteiger partial charge in [0.05, 0.1) is 22.0 Å². The number of nitro benzene ring substituents is 1. The first-order valence-corrected chi connectivity index (χ1v) is 13.2. The maximum Gasteiger partial charge on any atom is 0.294 e. The maximum absolute atomic E-state index is 13.0. The summed E-state index contributed by atoms with van der Waals surface area (Å²) in [4.78, 5) is 49.5. The highest BCUT2D eigenvalue weighted by Crippen LogP contribution is 2.35. The third kappa shape index (κ3) is 6.96. The Hall–Kier alpha value is -3.87. The number of nitro groups is 1. The highest BCUT2D eigenvalue weighted by molar-refractivity contribution is 9.10. The molecule has 0 saturated carbocycles. The number of non-ortho nitro benzene ring substituents is 1. The minimum absolute atomic E-state index is 0.0275. The van der Waals surface area contributed by atoms with Crippen LogP contribution < -0.4 is 14.8 Å². The van der Waals surface area contributed by atoms with Crippen molar-refractivity contribution in [1.82, 2.24) is 4.90 Å². The summed E-state index contributed by atoms with van der Waals surface area (Å²) in [5.41, 5.74) is 1.59. The van der Waals surface area contributed by atoms with E-state index in [1.165, 1.54) is 31.4 Å². The summed E-state index contributed by atoms with van der Waals surface area (Å²) < 4.78 is 11.7. The smallest absolute Gasteiger partial charge is 0.294 e. The lowest BCUT2D eigenvalue weighted by molar-refractivity contribution is -0.384. The van der Waals surface area contributed by atoms with Crippen molar-refractivity contribution in [3.05, 3.63) is 96.3 Å². The fourth-order valence-corrected chi connectivity index (χ4v) is 4.97. The van der Waals surface area contributed by atoms with Crippen LogP contribution in [0, 0.1) is 10.1 Å². The monoisotopic (exact) mass is 631 g/mol. The van der Waals surface area contributed by atoms with Gasteiger partial charge in [-0.05, 0) is 71.9 Å². The third-order valence-electron chi connectivity index (χ3n) is 5.41. The number of rotatable bonds is 9. The molecule has 1 heterocycles. The number of carbonyl (C=O) groups is 3. The summed E-state index contributed by atoms with van der Waals surface area (Å²) in [5.74, 6) is -0.324. The van der Waals surface area contributed by atoms with Crippen molar-refractivity contribution in [1.29, 1.82) is 0 Å². The number of halogens is 2. The molecule has 0 aliphatic carbocycles. The predicted molar refractivity (Wildman–Crippen MR) is 151 cm³/mol. The Balaban J connectivity index is 1.45. The molecule has 0 atom stereocenters. The van der Waals surface area contributed by atoms with Crippen LogP contribution >= 0.6 is 39.3 Å². The number of hydrogen-bond donors (Lipinski definition) is 1. The number of methoxy groups -OCH3 is 1. The van der Waals surface area contributed by atoms with Gasteiger partial charge in [-0.25, -0.2) is 0 Å². The van der Waals surface area contributed by atoms with Crippen molar-refractivity contribution in [2.45, 2.75) is 6.61 Å². The zero-order valence-electron chi connectivity index (χ0n) is 20.2. The lowest BCUT2D eigenvalue weighted by atomic mass is 10.1. The van der Waals surface area contributed by atoms with Crippen molar-refractivity contribution < 1.29 is 28.8 Å². The van der Waals surface area contributed by atoms with Gasteiger partial charge in [-0.2, -0.15) is 0 Å². The molecular formula is C26H19BrClN3O7S. The van der Waals surface area contributed by atoms with E-state index in [0.717, 1.165) is 4.90 Å². The van der Waals surface area contributed by atoms with Crippen LogP contribution in [0.5, 0.6) is 11.5 Å². The molecule has 3 amide bonds. The Bertz CT molecular complexity index is 1500. The maximum atomic E-state index is 13.0. The van der Waals surface area contributed by atoms with Crippen molar-refractivity contribution in [2.24, 2.45) is 0 Å². The van der Waals surface area contributed by atoms with Gasteiger partial charge in [0.1, 0.15) is 24.7 Å². The molecule has 1 aliphatic heterocycles. The lowest BCUT2D eigenvalue weighted by Gasteiger charge is -2.13. The number of thioether (sulfide) groups is 1. The molecule has 1 fully saturated rings. The van der Waals surface area contributed by atoms with Crippen LogP contribution in [0.2, 0.25) is 5.02 Å². The Morgan fingerprint density at radius 1 is 1.13 bits per heavy atom. The number of benzene rings is 3. The minimum atomic E-state index is -0.616. The standard InChI is InChI=1S/C26H19BrClN3O7S/c1-37-22-9-5-18(12-20(22)28)29-24(32)13-30-25(33)23(39-26(30)34)11-16-10-17(27)4-8-21(16)38-14-15-2-6-19(7-3-15)31(35)36/h2-12H,13-14H2,1H3,(H,29,32)/b23-11-. The Labute approximate surface area is 240 Å². The number of anilines is 1. The van der Waals surface area contributed by atoms with Gasteiger partial charge in [-0.1, -0.05) is 27.5 Å². The van der Waals surface area contributed by atoms with Crippen molar-refractivity contribution in [3.63, 3.8) is 0 Å². The van der Waals surface area contributed by atoms with Crippen LogP contribution in [-0.4, -0.2) is 40.5 Å². The van der Waals surface area contributed by atoms with Crippen LogP contribution in [0.3, 0.4) is 0 Å². The molecule has 10 nitrogen and oxygen atoms in total. The van der Waals surface area contributed by atoms with Crippen LogP contribution in [0.15, 0.2) is 70.0 Å². The van der Waals surface area contributed by atoms with E-state index in [9.17, 15) is 24.5 Å². The van der Waals surface area contributed by atoms with Gasteiger partial charge < -0.3 is 14.8 Å². The molecule has 200 valence electrons. The molecule has 4 rings (SSSR count). The molecule has 13 heteroatoms. The van der Waals surface area contributed by atoms with Crippen molar-refractivity contribution >= 4 is 73.8 Å². The molecular weight excluding hydrogens is 614 g/mol. The van der Waals surface area contributed by atoms with E-state index in [0.29, 0.717) is 49.6 Å². The molecule has 0 radical (unpaired) electrons. The molecule has 0 aromatic heterocycles. The topological polar surface area (TPSA) is 128 Å². The summed E-state index contributed by atoms with van der Waals surface area (Å²) in [6, 6.07) is 15.8. The fraction of sp³-hybridized carbons (Fsp3) is 0.115. The van der Waals surface area contributed by atoms with Crippen LogP contribution in [0.1, 0.15) is 11.1 Å². The average molecular weight is 633 g/mol. The van der Waals surface area contributed by atoms with Crippen LogP contribution in [0.4, 0.5) is 16.2 Å². The van der Waals surface area contributed by atoms with Crippen molar-refractivity contribution in [3.8, 4) is 11.5 Å². The number of imide groups is 1. The van der Waals surface area contributed by atoms with Gasteiger partial charge >= 0.3 is 0 Å². The molecule has 39 heavy (non-hydrogen) atoms. The first-order chi connectivity index (χ1) is 18.6. The largest absolute Gasteiger partial charge is 0.495 e. The summed E-state index contributed by atoms with van der Waals surface area (Å²) in [7, 11) is 1.47. The molecule has 3 aromatic carbocycles. The second-order valence-electron chi connectivity index (χ2n) is 8.06. The van der Waals surface area contributed by atoms with Gasteiger partial charge in [0.15, 0.2) is 0 Å². The molecule has 0 unspecified atom stereocenters. The van der Waals surface area contributed by atoms with E-state index in [4.69, 9.17) is 21.1 Å². The van der Waals surface area contributed by atoms with Gasteiger partial charge in [0, 0.05) is 27.9 Å². The first kappa shape index (κ1) is 28.1. The SMILES string of the molecule is COc1ccc(NC(=O)CN2C(=O)S/C(=C\c3cc(Br)ccc3OCc3ccc([N+](=O)[O-])cc3)C2=O)cc1Cl. The quantitative estimate of drug-likeness (QED) is 0.166. The Morgan fingerprint density at radius 3 is 2.51 bits per heavy atom. The zero-order valence-corrected chi connectivity index (χ0v) is 23.3. The van der Waals surface area contributed by atoms with E-state index in [-0.39, 0.29) is 17.2 Å². The van der Waals surface area contributed by atoms with Crippen LogP contribution in [0.25, 0.3) is 6.08 Å². The van der Waals surface area contributed by atoms with E-state index in [1.54, 1.807) is 42.5 Å². The first-order valence-electron chi connectivity index (χ1n) is 11.2. The molecule has 0 spiro atoms. The lowest BCUT2D eigenvalue weighted by Crippen LogP contribution is -2.36. The highest BCUT2D eigenvalue weighted by Gasteiger charge is 2.36. The predicted octanol–water partition coefficient (Wildman–Crippen LogP) is 6.27. The van der Waals surface area contributed by atoms with Crippen LogP contribution in [-0.2, 0) is 16.2 Å². The van der Waals surface area contributed by atoms with Gasteiger partial charge in [0.25, 0.3) is 16.8 Å². The molecule has 0 bridgehead atoms. The highest BCUT2D eigenvalue weighted by atomic mass is 79.9. The zero-order chi connectivity index (χ0) is 28.1. The molecule has 1 N–H and O–H groups in total. The number of amides is 3. The molecule has 3 aromatic rings. The summed E-state index contributed by atoms with van der Waals surface area (Å²) in [6.07, 6.45) is 1.52. The van der Waals surface area contributed by atoms with E-state index in [1.807, 2.05) is 0 Å². The van der Waals surface area contributed by atoms with Gasteiger partial charge in [-0.15, -0.1) is 0 Å². The molecule has 1 aliphatic rings. The minimum Gasteiger partial charge on any atom is -0.495 e. The number of ether oxygens (including phenoxy) is 2. The summed E-state index contributed by atoms with van der Waals surface area (Å²) in [5, 5.41) is 13.2.